The Hall–Kier alpha value is -3.00. The number of rotatable bonds is 4. The van der Waals surface area contributed by atoms with E-state index in [9.17, 15) is 10.1 Å². The molecule has 27 heavy (non-hydrogen) atoms. The van der Waals surface area contributed by atoms with Gasteiger partial charge in [0.25, 0.3) is 0 Å². The van der Waals surface area contributed by atoms with Crippen LogP contribution in [-0.2, 0) is 0 Å². The number of nitrogens with zero attached hydrogens (tertiary/aromatic N) is 4. The first-order valence-electron chi connectivity index (χ1n) is 8.66. The summed E-state index contributed by atoms with van der Waals surface area (Å²) in [7, 11) is 0. The number of aryl methyl sites for hydroxylation is 1. The van der Waals surface area contributed by atoms with Crippen LogP contribution in [0.2, 0.25) is 0 Å². The van der Waals surface area contributed by atoms with E-state index < -0.39 is 0 Å². The molecule has 0 spiro atoms. The van der Waals surface area contributed by atoms with Gasteiger partial charge in [0.2, 0.25) is 11.7 Å². The summed E-state index contributed by atoms with van der Waals surface area (Å²) in [6, 6.07) is 7.15. The highest BCUT2D eigenvalue weighted by molar-refractivity contribution is 7.13. The van der Waals surface area contributed by atoms with Crippen LogP contribution < -0.4 is 4.90 Å². The smallest absolute Gasteiger partial charge is 0.311 e. The molecule has 0 amide bonds. The Morgan fingerprint density at radius 3 is 2.78 bits per heavy atom. The summed E-state index contributed by atoms with van der Waals surface area (Å²) in [4.78, 5) is 22.8. The topological polar surface area (TPSA) is 85.3 Å². The molecule has 138 valence electrons. The molecular weight excluding hydrogens is 364 g/mol. The van der Waals surface area contributed by atoms with Crippen molar-refractivity contribution in [1.82, 2.24) is 9.97 Å². The van der Waals surface area contributed by atoms with Gasteiger partial charge in [-0.3, -0.25) is 10.1 Å². The highest BCUT2D eigenvalue weighted by Gasteiger charge is 2.24. The summed E-state index contributed by atoms with van der Waals surface area (Å²) < 4.78 is 5.56. The fraction of sp³-hybridized carbons (Fsp3) is 0.263. The highest BCUT2D eigenvalue weighted by atomic mass is 32.1. The van der Waals surface area contributed by atoms with E-state index in [0.717, 1.165) is 29.1 Å². The Bertz CT molecular complexity index is 984. The predicted molar refractivity (Wildman–Crippen MR) is 105 cm³/mol. The summed E-state index contributed by atoms with van der Waals surface area (Å²) in [6.45, 7) is 3.23. The standard InChI is InChI=1S/C19H18N4O3S/c1-13-4-5-16(23(24)25)18(20-13)22-8-6-14(7-9-22)11-15-12-26-19(21-15)17-3-2-10-27-17/h2-5,10-12H,6-9H2,1H3. The minimum atomic E-state index is -0.366. The Labute approximate surface area is 160 Å². The van der Waals surface area contributed by atoms with Crippen molar-refractivity contribution in [3.63, 3.8) is 0 Å². The van der Waals surface area contributed by atoms with Gasteiger partial charge in [-0.15, -0.1) is 11.3 Å². The summed E-state index contributed by atoms with van der Waals surface area (Å²) in [5.74, 6) is 1.09. The molecule has 4 heterocycles. The maximum absolute atomic E-state index is 11.3. The van der Waals surface area contributed by atoms with Crippen molar-refractivity contribution in [3.8, 4) is 10.8 Å². The minimum Gasteiger partial charge on any atom is -0.443 e. The number of thiophene rings is 1. The van der Waals surface area contributed by atoms with E-state index in [0.29, 0.717) is 24.8 Å². The molecule has 4 rings (SSSR count). The zero-order valence-electron chi connectivity index (χ0n) is 14.8. The van der Waals surface area contributed by atoms with Gasteiger partial charge in [-0.05, 0) is 43.4 Å². The second-order valence-corrected chi connectivity index (χ2v) is 7.34. The van der Waals surface area contributed by atoms with Crippen molar-refractivity contribution in [2.75, 3.05) is 18.0 Å². The van der Waals surface area contributed by atoms with Gasteiger partial charge in [0.05, 0.1) is 9.80 Å². The van der Waals surface area contributed by atoms with Crippen LogP contribution in [0, 0.1) is 17.0 Å². The summed E-state index contributed by atoms with van der Waals surface area (Å²) in [5.41, 5.74) is 2.90. The van der Waals surface area contributed by atoms with Crippen molar-refractivity contribution >= 4 is 28.9 Å². The zero-order chi connectivity index (χ0) is 18.8. The van der Waals surface area contributed by atoms with E-state index >= 15 is 0 Å². The molecular formula is C19H18N4O3S. The van der Waals surface area contributed by atoms with E-state index in [1.165, 1.54) is 11.6 Å². The quantitative estimate of drug-likeness (QED) is 0.480. The third-order valence-electron chi connectivity index (χ3n) is 4.50. The highest BCUT2D eigenvalue weighted by Crippen LogP contribution is 2.30. The SMILES string of the molecule is Cc1ccc([N+](=O)[O-])c(N2CCC(=Cc3coc(-c4cccs4)n3)CC2)n1. The van der Waals surface area contributed by atoms with Crippen molar-refractivity contribution in [3.05, 3.63) is 63.0 Å². The van der Waals surface area contributed by atoms with Gasteiger partial charge >= 0.3 is 5.69 Å². The molecule has 0 aliphatic carbocycles. The lowest BCUT2D eigenvalue weighted by Gasteiger charge is -2.29. The third kappa shape index (κ3) is 3.75. The molecule has 0 N–H and O–H groups in total. The second kappa shape index (κ2) is 7.32. The molecule has 3 aromatic heterocycles. The third-order valence-corrected chi connectivity index (χ3v) is 5.36. The molecule has 1 aliphatic rings. The van der Waals surface area contributed by atoms with Gasteiger partial charge in [0.1, 0.15) is 12.0 Å². The van der Waals surface area contributed by atoms with Crippen molar-refractivity contribution < 1.29 is 9.34 Å². The van der Waals surface area contributed by atoms with Crippen LogP contribution in [0.25, 0.3) is 16.8 Å². The van der Waals surface area contributed by atoms with Crippen LogP contribution in [0.1, 0.15) is 24.2 Å². The Morgan fingerprint density at radius 1 is 1.26 bits per heavy atom. The predicted octanol–water partition coefficient (Wildman–Crippen LogP) is 4.70. The van der Waals surface area contributed by atoms with Crippen LogP contribution in [-0.4, -0.2) is 28.0 Å². The van der Waals surface area contributed by atoms with Gasteiger partial charge in [0.15, 0.2) is 0 Å². The lowest BCUT2D eigenvalue weighted by atomic mass is 10.0. The number of piperidine rings is 1. The van der Waals surface area contributed by atoms with E-state index in [1.807, 2.05) is 29.3 Å². The molecule has 0 unspecified atom stereocenters. The van der Waals surface area contributed by atoms with E-state index in [2.05, 4.69) is 16.0 Å². The van der Waals surface area contributed by atoms with E-state index in [1.54, 1.807) is 23.7 Å². The molecule has 0 radical (unpaired) electrons. The number of hydrogen-bond donors (Lipinski definition) is 0. The summed E-state index contributed by atoms with van der Waals surface area (Å²) >= 11 is 1.59. The minimum absolute atomic E-state index is 0.0603. The van der Waals surface area contributed by atoms with Crippen LogP contribution in [0.15, 0.2) is 45.9 Å². The van der Waals surface area contributed by atoms with Crippen LogP contribution in [0.3, 0.4) is 0 Å². The van der Waals surface area contributed by atoms with Crippen LogP contribution >= 0.6 is 11.3 Å². The monoisotopic (exact) mass is 382 g/mol. The van der Waals surface area contributed by atoms with Crippen molar-refractivity contribution in [1.29, 1.82) is 0 Å². The summed E-state index contributed by atoms with van der Waals surface area (Å²) in [6.07, 6.45) is 5.35. The maximum atomic E-state index is 11.3. The number of pyridine rings is 1. The van der Waals surface area contributed by atoms with Crippen molar-refractivity contribution in [2.45, 2.75) is 19.8 Å². The second-order valence-electron chi connectivity index (χ2n) is 6.40. The average molecular weight is 382 g/mol. The molecule has 0 atom stereocenters. The lowest BCUT2D eigenvalue weighted by molar-refractivity contribution is -0.384. The van der Waals surface area contributed by atoms with Gasteiger partial charge in [0, 0.05) is 24.8 Å². The largest absolute Gasteiger partial charge is 0.443 e. The van der Waals surface area contributed by atoms with Gasteiger partial charge in [-0.25, -0.2) is 9.97 Å². The van der Waals surface area contributed by atoms with Crippen molar-refractivity contribution in [2.24, 2.45) is 0 Å². The first kappa shape index (κ1) is 17.4. The maximum Gasteiger partial charge on any atom is 0.311 e. The molecule has 8 heteroatoms. The molecule has 3 aromatic rings. The van der Waals surface area contributed by atoms with Gasteiger partial charge < -0.3 is 9.32 Å². The molecule has 1 fully saturated rings. The van der Waals surface area contributed by atoms with Crippen LogP contribution in [0.4, 0.5) is 11.5 Å². The Balaban J connectivity index is 1.47. The molecule has 0 saturated carbocycles. The lowest BCUT2D eigenvalue weighted by Crippen LogP contribution is -2.32. The number of hydrogen-bond acceptors (Lipinski definition) is 7. The van der Waals surface area contributed by atoms with Gasteiger partial charge in [-0.1, -0.05) is 11.6 Å². The number of anilines is 1. The Morgan fingerprint density at radius 2 is 2.07 bits per heavy atom. The fourth-order valence-electron chi connectivity index (χ4n) is 3.14. The van der Waals surface area contributed by atoms with Crippen LogP contribution in [0.5, 0.6) is 0 Å². The van der Waals surface area contributed by atoms with E-state index in [-0.39, 0.29) is 10.6 Å². The van der Waals surface area contributed by atoms with E-state index in [4.69, 9.17) is 4.42 Å². The average Bonchev–Trinajstić information content (AvgIpc) is 3.33. The number of oxazole rings is 1. The normalized spacial score (nSPS) is 14.4. The Kier molecular flexibility index (Phi) is 4.72. The number of aromatic nitrogens is 2. The summed E-state index contributed by atoms with van der Waals surface area (Å²) in [5, 5.41) is 13.3. The first-order valence-corrected chi connectivity index (χ1v) is 9.54. The number of nitro groups is 1. The zero-order valence-corrected chi connectivity index (χ0v) is 15.6. The fourth-order valence-corrected chi connectivity index (χ4v) is 3.79. The molecule has 0 aromatic carbocycles. The molecule has 1 aliphatic heterocycles. The molecule has 1 saturated heterocycles. The van der Waals surface area contributed by atoms with Gasteiger partial charge in [-0.2, -0.15) is 0 Å². The molecule has 7 nitrogen and oxygen atoms in total. The molecule has 0 bridgehead atoms. The first-order chi connectivity index (χ1) is 13.1.